The highest BCUT2D eigenvalue weighted by atomic mass is 35.5. The quantitative estimate of drug-likeness (QED) is 0.672. The summed E-state index contributed by atoms with van der Waals surface area (Å²) in [4.78, 5) is 2.54. The summed E-state index contributed by atoms with van der Waals surface area (Å²) in [5, 5.41) is 5.04. The van der Waals surface area contributed by atoms with E-state index in [0.29, 0.717) is 12.1 Å². The third-order valence-electron chi connectivity index (χ3n) is 5.29. The van der Waals surface area contributed by atoms with E-state index in [0.717, 1.165) is 15.8 Å². The molecule has 2 nitrogen and oxygen atoms in total. The Morgan fingerprint density at radius 3 is 1.96 bits per heavy atom. The van der Waals surface area contributed by atoms with E-state index in [2.05, 4.69) is 10.2 Å². The molecule has 0 unspecified atom stereocenters. The molecular formula is C19H27ClN2S. The van der Waals surface area contributed by atoms with Gasteiger partial charge in [-0.2, -0.15) is 0 Å². The smallest absolute Gasteiger partial charge is 0.173 e. The van der Waals surface area contributed by atoms with E-state index < -0.39 is 0 Å². The normalized spacial score (nSPS) is 20.2. The molecule has 0 aliphatic heterocycles. The maximum Gasteiger partial charge on any atom is 0.173 e. The summed E-state index contributed by atoms with van der Waals surface area (Å²) in [6, 6.07) is 9.09. The van der Waals surface area contributed by atoms with E-state index in [1.807, 2.05) is 24.3 Å². The Morgan fingerprint density at radius 2 is 1.43 bits per heavy atom. The molecule has 1 aromatic rings. The van der Waals surface area contributed by atoms with Crippen LogP contribution in [0.3, 0.4) is 0 Å². The van der Waals surface area contributed by atoms with Crippen LogP contribution in [0.4, 0.5) is 5.69 Å². The predicted octanol–water partition coefficient (Wildman–Crippen LogP) is 6.00. The number of benzene rings is 1. The highest BCUT2D eigenvalue weighted by molar-refractivity contribution is 7.80. The lowest BCUT2D eigenvalue weighted by atomic mass is 9.89. The fourth-order valence-corrected chi connectivity index (χ4v) is 4.68. The highest BCUT2D eigenvalue weighted by Gasteiger charge is 2.30. The first-order chi connectivity index (χ1) is 11.3. The topological polar surface area (TPSA) is 15.3 Å². The van der Waals surface area contributed by atoms with Gasteiger partial charge in [0.25, 0.3) is 0 Å². The lowest BCUT2D eigenvalue weighted by Crippen LogP contribution is -2.50. The van der Waals surface area contributed by atoms with Crippen molar-refractivity contribution >= 4 is 34.6 Å². The first-order valence-corrected chi connectivity index (χ1v) is 9.88. The summed E-state index contributed by atoms with van der Waals surface area (Å²) in [5.74, 6) is 0. The van der Waals surface area contributed by atoms with Gasteiger partial charge in [0, 0.05) is 12.1 Å². The first-order valence-electron chi connectivity index (χ1n) is 9.09. The molecule has 0 radical (unpaired) electrons. The molecule has 1 N–H and O–H groups in total. The van der Waals surface area contributed by atoms with Crippen molar-refractivity contribution in [2.75, 3.05) is 5.32 Å². The summed E-state index contributed by atoms with van der Waals surface area (Å²) in [6.45, 7) is 0. The van der Waals surface area contributed by atoms with Gasteiger partial charge in [-0.15, -0.1) is 0 Å². The van der Waals surface area contributed by atoms with E-state index in [4.69, 9.17) is 23.8 Å². The molecule has 0 bridgehead atoms. The van der Waals surface area contributed by atoms with E-state index in [1.54, 1.807) is 0 Å². The number of rotatable bonds is 3. The molecule has 0 amide bonds. The number of thiocarbonyl (C=S) groups is 1. The van der Waals surface area contributed by atoms with Crippen molar-refractivity contribution in [2.45, 2.75) is 76.3 Å². The largest absolute Gasteiger partial charge is 0.343 e. The molecule has 126 valence electrons. The van der Waals surface area contributed by atoms with Crippen molar-refractivity contribution in [3.05, 3.63) is 29.3 Å². The van der Waals surface area contributed by atoms with Gasteiger partial charge in [0.2, 0.25) is 0 Å². The van der Waals surface area contributed by atoms with Gasteiger partial charge >= 0.3 is 0 Å². The van der Waals surface area contributed by atoms with Gasteiger partial charge in [0.1, 0.15) is 0 Å². The van der Waals surface area contributed by atoms with Crippen molar-refractivity contribution in [2.24, 2.45) is 0 Å². The molecule has 2 saturated carbocycles. The van der Waals surface area contributed by atoms with Crippen LogP contribution in [0.25, 0.3) is 0 Å². The molecule has 0 spiro atoms. The summed E-state index contributed by atoms with van der Waals surface area (Å²) >= 11 is 12.1. The molecule has 0 saturated heterocycles. The molecule has 2 aliphatic carbocycles. The summed E-state index contributed by atoms with van der Waals surface area (Å²) in [5.41, 5.74) is 0.927. The van der Waals surface area contributed by atoms with Crippen LogP contribution in [0.1, 0.15) is 64.2 Å². The number of anilines is 1. The van der Waals surface area contributed by atoms with E-state index in [1.165, 1.54) is 64.2 Å². The minimum absolute atomic E-state index is 0.606. The monoisotopic (exact) mass is 350 g/mol. The molecule has 1 aromatic carbocycles. The number of para-hydroxylation sites is 1. The Kier molecular flexibility index (Phi) is 6.18. The number of halogens is 1. The lowest BCUT2D eigenvalue weighted by molar-refractivity contribution is 0.160. The standard InChI is InChI=1S/C19H27ClN2S/c20-17-13-7-8-14-18(17)21-19(23)22(15-9-3-1-4-10-15)16-11-5-2-6-12-16/h7-8,13-16H,1-6,9-12H2,(H,21,23). The van der Waals surface area contributed by atoms with Crippen LogP contribution in [0.2, 0.25) is 5.02 Å². The van der Waals surface area contributed by atoms with Gasteiger partial charge in [-0.3, -0.25) is 0 Å². The van der Waals surface area contributed by atoms with Crippen molar-refractivity contribution in [3.8, 4) is 0 Å². The van der Waals surface area contributed by atoms with Crippen molar-refractivity contribution in [1.82, 2.24) is 4.90 Å². The van der Waals surface area contributed by atoms with Crippen LogP contribution in [-0.4, -0.2) is 22.1 Å². The molecular weight excluding hydrogens is 324 g/mol. The van der Waals surface area contributed by atoms with Crippen molar-refractivity contribution < 1.29 is 0 Å². The van der Waals surface area contributed by atoms with E-state index in [9.17, 15) is 0 Å². The van der Waals surface area contributed by atoms with Crippen LogP contribution < -0.4 is 5.32 Å². The van der Waals surface area contributed by atoms with Gasteiger partial charge in [0.05, 0.1) is 10.7 Å². The zero-order valence-corrected chi connectivity index (χ0v) is 15.3. The van der Waals surface area contributed by atoms with Crippen LogP contribution >= 0.6 is 23.8 Å². The molecule has 23 heavy (non-hydrogen) atoms. The van der Waals surface area contributed by atoms with Crippen LogP contribution in [0.5, 0.6) is 0 Å². The zero-order valence-electron chi connectivity index (χ0n) is 13.8. The summed E-state index contributed by atoms with van der Waals surface area (Å²) in [7, 11) is 0. The Morgan fingerprint density at radius 1 is 0.913 bits per heavy atom. The van der Waals surface area contributed by atoms with Gasteiger partial charge in [-0.25, -0.2) is 0 Å². The fraction of sp³-hybridized carbons (Fsp3) is 0.632. The predicted molar refractivity (Wildman–Crippen MR) is 103 cm³/mol. The molecule has 3 rings (SSSR count). The zero-order chi connectivity index (χ0) is 16.1. The molecule has 0 heterocycles. The minimum Gasteiger partial charge on any atom is -0.343 e. The van der Waals surface area contributed by atoms with Crippen molar-refractivity contribution in [3.63, 3.8) is 0 Å². The third kappa shape index (κ3) is 4.39. The van der Waals surface area contributed by atoms with Gasteiger partial charge in [-0.05, 0) is 50.0 Å². The number of hydrogen-bond acceptors (Lipinski definition) is 1. The average molecular weight is 351 g/mol. The second-order valence-corrected chi connectivity index (χ2v) is 7.69. The minimum atomic E-state index is 0.606. The first kappa shape index (κ1) is 17.0. The Bertz CT molecular complexity index is 504. The Balaban J connectivity index is 1.75. The van der Waals surface area contributed by atoms with Gasteiger partial charge < -0.3 is 10.2 Å². The van der Waals surface area contributed by atoms with E-state index in [-0.39, 0.29) is 0 Å². The maximum atomic E-state index is 6.30. The lowest BCUT2D eigenvalue weighted by Gasteiger charge is -2.43. The molecule has 2 aliphatic rings. The summed E-state index contributed by atoms with van der Waals surface area (Å²) in [6.07, 6.45) is 13.2. The molecule has 0 atom stereocenters. The van der Waals surface area contributed by atoms with Crippen LogP contribution in [-0.2, 0) is 0 Å². The van der Waals surface area contributed by atoms with Gasteiger partial charge in [0.15, 0.2) is 5.11 Å². The van der Waals surface area contributed by atoms with Crippen molar-refractivity contribution in [1.29, 1.82) is 0 Å². The average Bonchev–Trinajstić information content (AvgIpc) is 2.59. The fourth-order valence-electron chi connectivity index (χ4n) is 4.09. The molecule has 2 fully saturated rings. The van der Waals surface area contributed by atoms with Crippen LogP contribution in [0.15, 0.2) is 24.3 Å². The number of nitrogens with zero attached hydrogens (tertiary/aromatic N) is 1. The highest BCUT2D eigenvalue weighted by Crippen LogP contribution is 2.31. The maximum absolute atomic E-state index is 6.30. The van der Waals surface area contributed by atoms with Gasteiger partial charge in [-0.1, -0.05) is 62.3 Å². The SMILES string of the molecule is S=C(Nc1ccccc1Cl)N(C1CCCCC1)C1CCCCC1. The third-order valence-corrected chi connectivity index (χ3v) is 5.93. The van der Waals surface area contributed by atoms with Crippen LogP contribution in [0, 0.1) is 0 Å². The Hall–Kier alpha value is -0.800. The Labute approximate surface area is 150 Å². The number of hydrogen-bond donors (Lipinski definition) is 1. The summed E-state index contributed by atoms with van der Waals surface area (Å²) < 4.78 is 0. The molecule has 0 aromatic heterocycles. The number of nitrogens with one attached hydrogen (secondary N) is 1. The molecule has 4 heteroatoms. The van der Waals surface area contributed by atoms with E-state index >= 15 is 0 Å². The second kappa shape index (κ2) is 8.34. The second-order valence-electron chi connectivity index (χ2n) is 6.90.